The standard InChI is InChI=1S/C34H27N3O5S/c1-20-30(32(39)36-25-7-5-4-6-8-25)31(24-13-15-26(41-3)16-14-24)37-33(40)29(43-34(37)35-20)19-27-17-18-28(42-27)23-11-9-22(10-12-23)21(2)38/h4-19,31H,1-3H3,(H,36,39)/b29-19+/t31-/m1/s1. The van der Waals surface area contributed by atoms with Gasteiger partial charge in [0.05, 0.1) is 29.0 Å². The van der Waals surface area contributed by atoms with Gasteiger partial charge in [0, 0.05) is 22.9 Å². The van der Waals surface area contributed by atoms with Crippen molar-refractivity contribution in [2.45, 2.75) is 19.9 Å². The Morgan fingerprint density at radius 3 is 2.37 bits per heavy atom. The number of carbonyl (C=O) groups is 2. The molecule has 0 fully saturated rings. The summed E-state index contributed by atoms with van der Waals surface area (Å²) in [5.41, 5.74) is 3.44. The number of furan rings is 1. The number of nitrogens with zero attached hydrogens (tertiary/aromatic N) is 2. The van der Waals surface area contributed by atoms with Gasteiger partial charge >= 0.3 is 0 Å². The lowest BCUT2D eigenvalue weighted by atomic mass is 9.95. The molecule has 0 saturated carbocycles. The number of methoxy groups -OCH3 is 1. The molecule has 214 valence electrons. The molecular formula is C34H27N3O5S. The molecule has 1 atom stereocenters. The molecule has 3 heterocycles. The number of aromatic nitrogens is 1. The molecule has 8 nitrogen and oxygen atoms in total. The molecule has 1 aliphatic rings. The zero-order valence-corrected chi connectivity index (χ0v) is 24.5. The molecule has 0 aliphatic carbocycles. The predicted molar refractivity (Wildman–Crippen MR) is 166 cm³/mol. The SMILES string of the molecule is COc1ccc([C@@H]2C(C(=O)Nc3ccccc3)=C(C)N=c3s/c(=C/c4ccc(-c5ccc(C(C)=O)cc5)o4)c(=O)n32)cc1. The molecule has 2 aromatic heterocycles. The number of hydrogen-bond acceptors (Lipinski definition) is 7. The van der Waals surface area contributed by atoms with Crippen LogP contribution in [0.4, 0.5) is 5.69 Å². The van der Waals surface area contributed by atoms with Gasteiger partial charge < -0.3 is 14.5 Å². The Morgan fingerprint density at radius 2 is 1.70 bits per heavy atom. The van der Waals surface area contributed by atoms with E-state index in [9.17, 15) is 14.4 Å². The van der Waals surface area contributed by atoms with Crippen LogP contribution in [0.5, 0.6) is 5.75 Å². The number of ketones is 1. The Morgan fingerprint density at radius 1 is 0.977 bits per heavy atom. The maximum atomic E-state index is 14.0. The third kappa shape index (κ3) is 5.50. The fourth-order valence-corrected chi connectivity index (χ4v) is 6.04. The average molecular weight is 590 g/mol. The molecule has 43 heavy (non-hydrogen) atoms. The first-order valence-electron chi connectivity index (χ1n) is 13.6. The van der Waals surface area contributed by atoms with Crippen LogP contribution in [0.1, 0.15) is 41.6 Å². The van der Waals surface area contributed by atoms with Gasteiger partial charge in [-0.05, 0) is 55.8 Å². The van der Waals surface area contributed by atoms with Gasteiger partial charge in [0.15, 0.2) is 10.6 Å². The molecule has 1 amide bonds. The van der Waals surface area contributed by atoms with Crippen LogP contribution >= 0.6 is 11.3 Å². The summed E-state index contributed by atoms with van der Waals surface area (Å²) < 4.78 is 13.4. The van der Waals surface area contributed by atoms with Gasteiger partial charge in [-0.15, -0.1) is 0 Å². The third-order valence-electron chi connectivity index (χ3n) is 7.21. The highest BCUT2D eigenvalue weighted by Crippen LogP contribution is 2.32. The number of rotatable bonds is 7. The molecule has 6 rings (SSSR count). The van der Waals surface area contributed by atoms with E-state index in [2.05, 4.69) is 5.32 Å². The van der Waals surface area contributed by atoms with Crippen LogP contribution in [0.15, 0.2) is 116 Å². The smallest absolute Gasteiger partial charge is 0.271 e. The Balaban J connectivity index is 1.42. The number of fused-ring (bicyclic) bond motifs is 1. The lowest BCUT2D eigenvalue weighted by Gasteiger charge is -2.25. The maximum Gasteiger partial charge on any atom is 0.271 e. The zero-order valence-electron chi connectivity index (χ0n) is 23.7. The lowest BCUT2D eigenvalue weighted by molar-refractivity contribution is -0.113. The van der Waals surface area contributed by atoms with E-state index >= 15 is 0 Å². The van der Waals surface area contributed by atoms with Crippen LogP contribution in [0.2, 0.25) is 0 Å². The van der Waals surface area contributed by atoms with Gasteiger partial charge in [-0.3, -0.25) is 19.0 Å². The Labute approximate surface area is 250 Å². The first kappa shape index (κ1) is 27.9. The molecule has 0 unspecified atom stereocenters. The fourth-order valence-electron chi connectivity index (χ4n) is 5.02. The van der Waals surface area contributed by atoms with E-state index in [4.69, 9.17) is 14.1 Å². The van der Waals surface area contributed by atoms with Gasteiger partial charge in [0.25, 0.3) is 11.5 Å². The summed E-state index contributed by atoms with van der Waals surface area (Å²) in [6.45, 7) is 3.30. The second-order valence-electron chi connectivity index (χ2n) is 10.0. The number of thiazole rings is 1. The van der Waals surface area contributed by atoms with Crippen LogP contribution < -0.4 is 24.9 Å². The van der Waals surface area contributed by atoms with E-state index in [0.717, 1.165) is 11.1 Å². The van der Waals surface area contributed by atoms with E-state index in [-0.39, 0.29) is 17.2 Å². The number of benzene rings is 3. The largest absolute Gasteiger partial charge is 0.497 e. The summed E-state index contributed by atoms with van der Waals surface area (Å²) in [7, 11) is 1.59. The molecule has 0 radical (unpaired) electrons. The van der Waals surface area contributed by atoms with Crippen molar-refractivity contribution in [1.82, 2.24) is 4.57 Å². The topological polar surface area (TPSA) is 103 Å². The monoisotopic (exact) mass is 589 g/mol. The molecule has 3 aromatic carbocycles. The summed E-state index contributed by atoms with van der Waals surface area (Å²) in [6, 6.07) is 26.5. The van der Waals surface area contributed by atoms with Gasteiger partial charge in [0.2, 0.25) is 0 Å². The normalized spacial score (nSPS) is 14.7. The van der Waals surface area contributed by atoms with Gasteiger partial charge in [-0.2, -0.15) is 0 Å². The maximum absolute atomic E-state index is 14.0. The molecule has 1 aliphatic heterocycles. The van der Waals surface area contributed by atoms with Crippen LogP contribution in [-0.2, 0) is 4.79 Å². The number of nitrogens with one attached hydrogen (secondary N) is 1. The summed E-state index contributed by atoms with van der Waals surface area (Å²) in [5, 5.41) is 2.95. The molecule has 1 N–H and O–H groups in total. The van der Waals surface area contributed by atoms with E-state index < -0.39 is 6.04 Å². The number of ether oxygens (including phenoxy) is 1. The first-order valence-corrected chi connectivity index (χ1v) is 14.4. The first-order chi connectivity index (χ1) is 20.8. The Bertz CT molecular complexity index is 2050. The Hall–Kier alpha value is -5.28. The third-order valence-corrected chi connectivity index (χ3v) is 8.19. The molecule has 0 bridgehead atoms. The minimum absolute atomic E-state index is 0.00839. The van der Waals surface area contributed by atoms with Crippen molar-refractivity contribution >= 4 is 34.8 Å². The Kier molecular flexibility index (Phi) is 7.48. The molecule has 9 heteroatoms. The summed E-state index contributed by atoms with van der Waals surface area (Å²) >= 11 is 1.23. The van der Waals surface area contributed by atoms with E-state index in [1.54, 1.807) is 67.1 Å². The van der Waals surface area contributed by atoms with Crippen LogP contribution in [0.25, 0.3) is 17.4 Å². The van der Waals surface area contributed by atoms with Crippen molar-refractivity contribution in [3.63, 3.8) is 0 Å². The summed E-state index contributed by atoms with van der Waals surface area (Å²) in [6.07, 6.45) is 1.69. The number of amides is 1. The van der Waals surface area contributed by atoms with E-state index in [1.807, 2.05) is 48.5 Å². The zero-order chi connectivity index (χ0) is 30.1. The van der Waals surface area contributed by atoms with Crippen molar-refractivity contribution < 1.29 is 18.7 Å². The highest BCUT2D eigenvalue weighted by atomic mass is 32.1. The molecule has 0 saturated heterocycles. The fraction of sp³-hybridized carbons (Fsp3) is 0.118. The highest BCUT2D eigenvalue weighted by Gasteiger charge is 2.32. The molecule has 0 spiro atoms. The molecular weight excluding hydrogens is 562 g/mol. The van der Waals surface area contributed by atoms with Gasteiger partial charge in [-0.25, -0.2) is 4.99 Å². The van der Waals surface area contributed by atoms with Crippen molar-refractivity contribution in [2.75, 3.05) is 12.4 Å². The van der Waals surface area contributed by atoms with E-state index in [1.165, 1.54) is 18.3 Å². The van der Waals surface area contributed by atoms with Crippen LogP contribution in [0, 0.1) is 0 Å². The van der Waals surface area contributed by atoms with Crippen LogP contribution in [-0.4, -0.2) is 23.4 Å². The molecule has 5 aromatic rings. The average Bonchev–Trinajstić information content (AvgIpc) is 3.61. The number of allylic oxidation sites excluding steroid dienone is 1. The number of anilines is 1. The van der Waals surface area contributed by atoms with Crippen molar-refractivity contribution in [2.24, 2.45) is 4.99 Å². The minimum atomic E-state index is -0.708. The number of para-hydroxylation sites is 1. The minimum Gasteiger partial charge on any atom is -0.497 e. The number of carbonyl (C=O) groups excluding carboxylic acids is 2. The van der Waals surface area contributed by atoms with Gasteiger partial charge in [0.1, 0.15) is 17.3 Å². The summed E-state index contributed by atoms with van der Waals surface area (Å²) in [5.74, 6) is 1.42. The van der Waals surface area contributed by atoms with Gasteiger partial charge in [-0.1, -0.05) is 65.9 Å². The number of Topliss-reactive ketones (excluding diaryl/α,β-unsaturated/α-hetero) is 1. The van der Waals surface area contributed by atoms with Crippen LogP contribution in [0.3, 0.4) is 0 Å². The number of hydrogen-bond donors (Lipinski definition) is 1. The highest BCUT2D eigenvalue weighted by molar-refractivity contribution is 7.07. The van der Waals surface area contributed by atoms with Crippen molar-refractivity contribution in [3.8, 4) is 17.1 Å². The van der Waals surface area contributed by atoms with Crippen molar-refractivity contribution in [3.05, 3.63) is 139 Å². The predicted octanol–water partition coefficient (Wildman–Crippen LogP) is 5.35. The summed E-state index contributed by atoms with van der Waals surface area (Å²) in [4.78, 5) is 44.5. The van der Waals surface area contributed by atoms with Crippen molar-refractivity contribution in [1.29, 1.82) is 0 Å². The lowest BCUT2D eigenvalue weighted by Crippen LogP contribution is -2.40. The quantitative estimate of drug-likeness (QED) is 0.258. The van der Waals surface area contributed by atoms with E-state index in [0.29, 0.717) is 49.1 Å². The second-order valence-corrected chi connectivity index (χ2v) is 11.0. The second kappa shape index (κ2) is 11.5.